The Morgan fingerprint density at radius 1 is 1.22 bits per heavy atom. The molecule has 7 heteroatoms. The van der Waals surface area contributed by atoms with E-state index >= 15 is 0 Å². The van der Waals surface area contributed by atoms with Crippen LogP contribution in [0.4, 0.5) is 0 Å². The molecule has 0 saturated carbocycles. The second-order valence-corrected chi connectivity index (χ2v) is 7.10. The summed E-state index contributed by atoms with van der Waals surface area (Å²) in [6.45, 7) is 0.719. The zero-order valence-electron chi connectivity index (χ0n) is 12.9. The average molecular weight is 334 g/mol. The van der Waals surface area contributed by atoms with Crippen LogP contribution in [0.3, 0.4) is 0 Å². The third kappa shape index (κ3) is 4.08. The Morgan fingerprint density at radius 3 is 2.43 bits per heavy atom. The Bertz CT molecular complexity index is 818. The molecule has 122 valence electrons. The van der Waals surface area contributed by atoms with Crippen molar-refractivity contribution in [2.75, 3.05) is 14.1 Å². The van der Waals surface area contributed by atoms with E-state index in [-0.39, 0.29) is 10.6 Å². The third-order valence-corrected chi connectivity index (χ3v) is 4.84. The molecule has 1 N–H and O–H groups in total. The van der Waals surface area contributed by atoms with Crippen molar-refractivity contribution in [3.63, 3.8) is 0 Å². The monoisotopic (exact) mass is 334 g/mol. The van der Waals surface area contributed by atoms with Gasteiger partial charge in [-0.05, 0) is 50.0 Å². The summed E-state index contributed by atoms with van der Waals surface area (Å²) in [5.74, 6) is -1.14. The fraction of sp³-hybridized carbons (Fsp3) is 0.188. The first-order valence-electron chi connectivity index (χ1n) is 6.88. The molecule has 0 aliphatic heterocycles. The van der Waals surface area contributed by atoms with Gasteiger partial charge in [0.1, 0.15) is 0 Å². The van der Waals surface area contributed by atoms with Gasteiger partial charge in [-0.2, -0.15) is 0 Å². The van der Waals surface area contributed by atoms with Crippen LogP contribution in [0.2, 0.25) is 0 Å². The van der Waals surface area contributed by atoms with Gasteiger partial charge in [-0.1, -0.05) is 12.1 Å². The largest absolute Gasteiger partial charge is 0.478 e. The van der Waals surface area contributed by atoms with Gasteiger partial charge in [-0.25, -0.2) is 17.2 Å². The van der Waals surface area contributed by atoms with Gasteiger partial charge in [0.2, 0.25) is 0 Å². The third-order valence-electron chi connectivity index (χ3n) is 3.12. The van der Waals surface area contributed by atoms with Crippen LogP contribution in [0.5, 0.6) is 0 Å². The smallest absolute Gasteiger partial charge is 0.328 e. The minimum Gasteiger partial charge on any atom is -0.478 e. The van der Waals surface area contributed by atoms with Gasteiger partial charge in [-0.3, -0.25) is 0 Å². The summed E-state index contributed by atoms with van der Waals surface area (Å²) >= 11 is 0. The summed E-state index contributed by atoms with van der Waals surface area (Å²) in [6, 6.07) is 9.74. The number of rotatable bonds is 6. The number of hydrogen-bond acceptors (Lipinski definition) is 4. The number of benzene rings is 1. The first kappa shape index (κ1) is 17.0. The summed E-state index contributed by atoms with van der Waals surface area (Å²) < 4.78 is 26.4. The summed E-state index contributed by atoms with van der Waals surface area (Å²) in [5.41, 5.74) is 1.29. The SMILES string of the molecule is CN(C)Cc1ccc(S(=O)(=O)n2cccc2/C=C/C(=O)O)cc1. The van der Waals surface area contributed by atoms with Gasteiger partial charge >= 0.3 is 5.97 Å². The topological polar surface area (TPSA) is 79.6 Å². The molecule has 2 rings (SSSR count). The number of hydrogen-bond donors (Lipinski definition) is 1. The van der Waals surface area contributed by atoms with E-state index in [4.69, 9.17) is 5.11 Å². The van der Waals surface area contributed by atoms with E-state index in [9.17, 15) is 13.2 Å². The summed E-state index contributed by atoms with van der Waals surface area (Å²) in [4.78, 5) is 12.7. The number of aromatic nitrogens is 1. The van der Waals surface area contributed by atoms with E-state index < -0.39 is 16.0 Å². The maximum Gasteiger partial charge on any atom is 0.328 e. The van der Waals surface area contributed by atoms with E-state index in [1.165, 1.54) is 18.3 Å². The Hall–Kier alpha value is -2.38. The minimum atomic E-state index is -3.76. The first-order chi connectivity index (χ1) is 10.8. The van der Waals surface area contributed by atoms with Gasteiger partial charge in [-0.15, -0.1) is 0 Å². The highest BCUT2D eigenvalue weighted by Gasteiger charge is 2.18. The Labute approximate surface area is 135 Å². The maximum absolute atomic E-state index is 12.7. The molecule has 0 amide bonds. The van der Waals surface area contributed by atoms with E-state index in [1.807, 2.05) is 19.0 Å². The molecule has 23 heavy (non-hydrogen) atoms. The molecule has 0 spiro atoms. The van der Waals surface area contributed by atoms with Crippen LogP contribution < -0.4 is 0 Å². The second kappa shape index (κ2) is 6.80. The van der Waals surface area contributed by atoms with Crippen molar-refractivity contribution in [3.8, 4) is 0 Å². The number of nitrogens with zero attached hydrogens (tertiary/aromatic N) is 2. The normalized spacial score (nSPS) is 12.1. The zero-order valence-corrected chi connectivity index (χ0v) is 13.7. The van der Waals surface area contributed by atoms with Gasteiger partial charge in [0.05, 0.1) is 10.6 Å². The van der Waals surface area contributed by atoms with E-state index in [0.29, 0.717) is 0 Å². The molecule has 1 aromatic heterocycles. The van der Waals surface area contributed by atoms with Crippen LogP contribution in [-0.4, -0.2) is 42.5 Å². The highest BCUT2D eigenvalue weighted by atomic mass is 32.2. The number of aliphatic carboxylic acids is 1. The molecule has 0 aliphatic carbocycles. The minimum absolute atomic E-state index is 0.154. The predicted molar refractivity (Wildman–Crippen MR) is 87.5 cm³/mol. The van der Waals surface area contributed by atoms with Gasteiger partial charge in [0.25, 0.3) is 10.0 Å². The van der Waals surface area contributed by atoms with Gasteiger partial charge in [0.15, 0.2) is 0 Å². The standard InChI is InChI=1S/C16H18N2O4S/c1-17(2)12-13-5-8-15(9-6-13)23(21,22)18-11-3-4-14(18)7-10-16(19)20/h3-11H,12H2,1-2H3,(H,19,20)/b10-7+. The molecular formula is C16H18N2O4S. The molecule has 0 radical (unpaired) electrons. The van der Waals surface area contributed by atoms with Crippen LogP contribution in [0.15, 0.2) is 53.6 Å². The van der Waals surface area contributed by atoms with Crippen LogP contribution >= 0.6 is 0 Å². The van der Waals surface area contributed by atoms with E-state index in [1.54, 1.807) is 30.3 Å². The van der Waals surface area contributed by atoms with Crippen molar-refractivity contribution >= 4 is 22.1 Å². The Kier molecular flexibility index (Phi) is 5.02. The zero-order chi connectivity index (χ0) is 17.0. The summed E-state index contributed by atoms with van der Waals surface area (Å²) in [5, 5.41) is 8.68. The summed E-state index contributed by atoms with van der Waals surface area (Å²) in [6.07, 6.45) is 3.55. The molecule has 0 atom stereocenters. The van der Waals surface area contributed by atoms with Crippen molar-refractivity contribution in [1.29, 1.82) is 0 Å². The molecular weight excluding hydrogens is 316 g/mol. The molecule has 0 fully saturated rings. The fourth-order valence-corrected chi connectivity index (χ4v) is 3.47. The molecule has 2 aromatic rings. The summed E-state index contributed by atoms with van der Waals surface area (Å²) in [7, 11) is 0.112. The second-order valence-electron chi connectivity index (χ2n) is 5.29. The quantitative estimate of drug-likeness (QED) is 0.816. The van der Waals surface area contributed by atoms with Crippen molar-refractivity contribution in [3.05, 3.63) is 59.9 Å². The highest BCUT2D eigenvalue weighted by molar-refractivity contribution is 7.90. The van der Waals surface area contributed by atoms with Crippen LogP contribution in [0.1, 0.15) is 11.3 Å². The Balaban J connectivity index is 2.36. The molecule has 1 heterocycles. The van der Waals surface area contributed by atoms with Crippen molar-refractivity contribution in [2.24, 2.45) is 0 Å². The van der Waals surface area contributed by atoms with Crippen molar-refractivity contribution in [2.45, 2.75) is 11.4 Å². The molecule has 1 aromatic carbocycles. The van der Waals surface area contributed by atoms with Crippen LogP contribution in [0, 0.1) is 0 Å². The molecule has 0 unspecified atom stereocenters. The van der Waals surface area contributed by atoms with E-state index in [0.717, 1.165) is 22.2 Å². The molecule has 6 nitrogen and oxygen atoms in total. The molecule has 0 aliphatic rings. The maximum atomic E-state index is 12.7. The first-order valence-corrected chi connectivity index (χ1v) is 8.32. The van der Waals surface area contributed by atoms with Gasteiger partial charge < -0.3 is 10.0 Å². The molecule has 0 saturated heterocycles. The van der Waals surface area contributed by atoms with Crippen LogP contribution in [-0.2, 0) is 21.4 Å². The highest BCUT2D eigenvalue weighted by Crippen LogP contribution is 2.18. The van der Waals surface area contributed by atoms with E-state index in [2.05, 4.69) is 0 Å². The lowest BCUT2D eigenvalue weighted by Gasteiger charge is -2.11. The van der Waals surface area contributed by atoms with Crippen molar-refractivity contribution in [1.82, 2.24) is 8.87 Å². The Morgan fingerprint density at radius 2 is 1.87 bits per heavy atom. The average Bonchev–Trinajstić information content (AvgIpc) is 2.94. The molecule has 0 bridgehead atoms. The lowest BCUT2D eigenvalue weighted by Crippen LogP contribution is -2.14. The number of carbonyl (C=O) groups is 1. The fourth-order valence-electron chi connectivity index (χ4n) is 2.13. The number of carboxylic acids is 1. The van der Waals surface area contributed by atoms with Crippen molar-refractivity contribution < 1.29 is 18.3 Å². The predicted octanol–water partition coefficient (Wildman–Crippen LogP) is 1.88. The van der Waals surface area contributed by atoms with Crippen LogP contribution in [0.25, 0.3) is 6.08 Å². The van der Waals surface area contributed by atoms with Gasteiger partial charge in [0, 0.05) is 18.8 Å². The lowest BCUT2D eigenvalue weighted by atomic mass is 10.2. The number of carboxylic acid groups (broad SMARTS) is 1. The lowest BCUT2D eigenvalue weighted by molar-refractivity contribution is -0.131.